The van der Waals surface area contributed by atoms with Gasteiger partial charge in [0, 0.05) is 19.5 Å². The van der Waals surface area contributed by atoms with Crippen molar-refractivity contribution in [3.05, 3.63) is 0 Å². The quantitative estimate of drug-likeness (QED) is 0.633. The first kappa shape index (κ1) is 17.1. The van der Waals surface area contributed by atoms with Crippen LogP contribution < -0.4 is 5.32 Å². The lowest BCUT2D eigenvalue weighted by Gasteiger charge is -2.41. The minimum Gasteiger partial charge on any atom is -0.413 e. The van der Waals surface area contributed by atoms with Gasteiger partial charge in [-0.1, -0.05) is 20.8 Å². The molecule has 19 heavy (non-hydrogen) atoms. The maximum atomic E-state index is 11.2. The van der Waals surface area contributed by atoms with Gasteiger partial charge in [0.25, 0.3) is 10.1 Å². The summed E-state index contributed by atoms with van der Waals surface area (Å²) in [5.74, 6) is 0. The Balaban J connectivity index is 2.61. The smallest absolute Gasteiger partial charge is 0.264 e. The second-order valence-corrected chi connectivity index (χ2v) is 13.2. The highest BCUT2D eigenvalue weighted by Crippen LogP contribution is 2.38. The van der Waals surface area contributed by atoms with Crippen LogP contribution in [0.15, 0.2) is 0 Å². The Morgan fingerprint density at radius 2 is 1.68 bits per heavy atom. The number of hydrogen-bond donors (Lipinski definition) is 1. The fourth-order valence-electron chi connectivity index (χ4n) is 1.87. The minimum atomic E-state index is -3.40. The largest absolute Gasteiger partial charge is 0.413 e. The summed E-state index contributed by atoms with van der Waals surface area (Å²) in [4.78, 5) is 0. The molecule has 0 aromatic carbocycles. The van der Waals surface area contributed by atoms with Crippen LogP contribution >= 0.6 is 0 Å². The van der Waals surface area contributed by atoms with Crippen LogP contribution in [0.2, 0.25) is 18.1 Å². The molecule has 0 amide bonds. The Labute approximate surface area is 118 Å². The van der Waals surface area contributed by atoms with Gasteiger partial charge >= 0.3 is 0 Å². The molecule has 1 rings (SSSR count). The van der Waals surface area contributed by atoms with E-state index in [9.17, 15) is 8.42 Å². The van der Waals surface area contributed by atoms with Gasteiger partial charge in [0.15, 0.2) is 8.32 Å². The zero-order valence-corrected chi connectivity index (χ0v) is 14.6. The van der Waals surface area contributed by atoms with Crippen molar-refractivity contribution in [1.82, 2.24) is 5.32 Å². The molecule has 0 unspecified atom stereocenters. The van der Waals surface area contributed by atoms with Crippen molar-refractivity contribution in [3.8, 4) is 0 Å². The van der Waals surface area contributed by atoms with Crippen molar-refractivity contribution in [3.63, 3.8) is 0 Å². The predicted octanol–water partition coefficient (Wildman–Crippen LogP) is 1.71. The monoisotopic (exact) mass is 309 g/mol. The van der Waals surface area contributed by atoms with Crippen LogP contribution in [0.25, 0.3) is 0 Å². The van der Waals surface area contributed by atoms with Crippen LogP contribution in [0.3, 0.4) is 0 Å². The topological polar surface area (TPSA) is 64.6 Å². The molecule has 114 valence electrons. The van der Waals surface area contributed by atoms with Gasteiger partial charge < -0.3 is 9.74 Å². The minimum absolute atomic E-state index is 0.0291. The summed E-state index contributed by atoms with van der Waals surface area (Å²) in [6.45, 7) is 12.3. The highest BCUT2D eigenvalue weighted by molar-refractivity contribution is 7.86. The van der Waals surface area contributed by atoms with Gasteiger partial charge in [0.1, 0.15) is 0 Å². The second kappa shape index (κ2) is 5.81. The Hall–Kier alpha value is 0.0469. The van der Waals surface area contributed by atoms with Crippen molar-refractivity contribution < 1.29 is 17.0 Å². The van der Waals surface area contributed by atoms with Crippen molar-refractivity contribution in [2.24, 2.45) is 0 Å². The third-order valence-electron chi connectivity index (χ3n) is 3.85. The Morgan fingerprint density at radius 1 is 1.16 bits per heavy atom. The van der Waals surface area contributed by atoms with Gasteiger partial charge in [0.2, 0.25) is 0 Å². The molecule has 0 radical (unpaired) electrons. The summed E-state index contributed by atoms with van der Waals surface area (Å²) in [7, 11) is -5.23. The van der Waals surface area contributed by atoms with Gasteiger partial charge in [-0.25, -0.2) is 0 Å². The van der Waals surface area contributed by atoms with E-state index in [0.717, 1.165) is 12.8 Å². The molecule has 1 N–H and O–H groups in total. The third-order valence-corrected chi connectivity index (χ3v) is 9.00. The molecule has 1 heterocycles. The molecule has 0 saturated carbocycles. The highest BCUT2D eigenvalue weighted by atomic mass is 32.2. The van der Waals surface area contributed by atoms with Crippen molar-refractivity contribution in [2.45, 2.75) is 57.5 Å². The predicted molar refractivity (Wildman–Crippen MR) is 79.3 cm³/mol. The van der Waals surface area contributed by atoms with Crippen molar-refractivity contribution >= 4 is 18.4 Å². The Morgan fingerprint density at radius 3 is 2.16 bits per heavy atom. The second-order valence-electron chi connectivity index (χ2n) is 6.82. The van der Waals surface area contributed by atoms with Gasteiger partial charge in [-0.15, -0.1) is 0 Å². The summed E-state index contributed by atoms with van der Waals surface area (Å²) >= 11 is 0. The lowest BCUT2D eigenvalue weighted by Crippen LogP contribution is -2.51. The molecule has 1 aliphatic heterocycles. The molecule has 1 aliphatic rings. The first-order valence-corrected chi connectivity index (χ1v) is 11.4. The van der Waals surface area contributed by atoms with Crippen LogP contribution in [-0.2, 0) is 18.7 Å². The molecule has 0 aromatic rings. The van der Waals surface area contributed by atoms with Crippen molar-refractivity contribution in [1.29, 1.82) is 0 Å². The molecule has 0 aliphatic carbocycles. The van der Waals surface area contributed by atoms with E-state index >= 15 is 0 Å². The average Bonchev–Trinajstić information content (AvgIpc) is 2.12. The van der Waals surface area contributed by atoms with Crippen LogP contribution in [0.5, 0.6) is 0 Å². The van der Waals surface area contributed by atoms with Crippen LogP contribution in [0, 0.1) is 0 Å². The van der Waals surface area contributed by atoms with E-state index in [4.69, 9.17) is 8.61 Å². The van der Waals surface area contributed by atoms with E-state index in [1.165, 1.54) is 0 Å². The van der Waals surface area contributed by atoms with Crippen molar-refractivity contribution in [2.75, 3.05) is 19.3 Å². The maximum Gasteiger partial charge on any atom is 0.264 e. The van der Waals surface area contributed by atoms with Crippen LogP contribution in [-0.4, -0.2) is 48.3 Å². The standard InChI is InChI=1S/C12H27NO4SSi/c1-12(2,3)19(5,6)17-11-7-10(8-13-9-11)16-18(4,14)15/h10-11,13H,7-9H2,1-6H3/t10-,11-/m0/s1. The number of piperidine rings is 1. The molecular weight excluding hydrogens is 282 g/mol. The van der Waals surface area contributed by atoms with Gasteiger partial charge in [0.05, 0.1) is 18.5 Å². The summed E-state index contributed by atoms with van der Waals surface area (Å²) < 4.78 is 33.7. The lowest BCUT2D eigenvalue weighted by molar-refractivity contribution is 0.0761. The first-order chi connectivity index (χ1) is 8.41. The molecular formula is C12H27NO4SSi. The normalized spacial score (nSPS) is 26.4. The molecule has 1 fully saturated rings. The summed E-state index contributed by atoms with van der Waals surface area (Å²) in [5.41, 5.74) is 0. The number of rotatable bonds is 4. The molecule has 0 bridgehead atoms. The van der Waals surface area contributed by atoms with E-state index < -0.39 is 18.4 Å². The van der Waals surface area contributed by atoms with Gasteiger partial charge in [-0.2, -0.15) is 8.42 Å². The molecule has 2 atom stereocenters. The number of hydrogen-bond acceptors (Lipinski definition) is 5. The zero-order valence-electron chi connectivity index (χ0n) is 12.8. The zero-order chi connectivity index (χ0) is 14.9. The molecule has 0 aromatic heterocycles. The number of nitrogens with one attached hydrogen (secondary N) is 1. The fraction of sp³-hybridized carbons (Fsp3) is 1.00. The van der Waals surface area contributed by atoms with E-state index in [-0.39, 0.29) is 17.2 Å². The lowest BCUT2D eigenvalue weighted by atomic mass is 10.1. The van der Waals surface area contributed by atoms with Gasteiger partial charge in [-0.3, -0.25) is 4.18 Å². The molecule has 0 spiro atoms. The first-order valence-electron chi connectivity index (χ1n) is 6.67. The highest BCUT2D eigenvalue weighted by Gasteiger charge is 2.40. The molecule has 7 heteroatoms. The van der Waals surface area contributed by atoms with E-state index in [1.54, 1.807) is 0 Å². The van der Waals surface area contributed by atoms with Gasteiger partial charge in [-0.05, 0) is 18.1 Å². The molecule has 5 nitrogen and oxygen atoms in total. The third kappa shape index (κ3) is 5.51. The average molecular weight is 310 g/mol. The van der Waals surface area contributed by atoms with Crippen LogP contribution in [0.1, 0.15) is 27.2 Å². The summed E-state index contributed by atoms with van der Waals surface area (Å²) in [6, 6.07) is 0. The Bertz CT molecular complexity index is 402. The SMILES string of the molecule is CC(C)(C)[Si](C)(C)O[C@@H]1CNC[C@@H](OS(C)(=O)=O)C1. The Kier molecular flexibility index (Phi) is 5.23. The van der Waals surface area contributed by atoms with E-state index in [2.05, 4.69) is 39.2 Å². The maximum absolute atomic E-state index is 11.2. The van der Waals surface area contributed by atoms with E-state index in [0.29, 0.717) is 13.0 Å². The summed E-state index contributed by atoms with van der Waals surface area (Å²) in [5, 5.41) is 3.34. The van der Waals surface area contributed by atoms with Crippen LogP contribution in [0.4, 0.5) is 0 Å². The summed E-state index contributed by atoms with van der Waals surface area (Å²) in [6.07, 6.45) is 1.43. The van der Waals surface area contributed by atoms with E-state index in [1.807, 2.05) is 0 Å². The molecule has 1 saturated heterocycles. The fourth-order valence-corrected chi connectivity index (χ4v) is 3.88.